The zero-order valence-corrected chi connectivity index (χ0v) is 15.5. The molecule has 26 heavy (non-hydrogen) atoms. The highest BCUT2D eigenvalue weighted by molar-refractivity contribution is 5.97. The van der Waals surface area contributed by atoms with Gasteiger partial charge in [-0.1, -0.05) is 86.6 Å². The minimum atomic E-state index is 0.0383. The van der Waals surface area contributed by atoms with E-state index in [2.05, 4.69) is 99.6 Å². The maximum absolute atomic E-state index is 2.41. The number of rotatable bonds is 1. The summed E-state index contributed by atoms with van der Waals surface area (Å²) in [5, 5.41) is 2.61. The van der Waals surface area contributed by atoms with Crippen LogP contribution in [0.15, 0.2) is 78.9 Å². The molecule has 4 aromatic rings. The minimum Gasteiger partial charge on any atom is -0.0616 e. The normalized spacial score (nSPS) is 14.3. The zero-order valence-electron chi connectivity index (χ0n) is 15.5. The van der Waals surface area contributed by atoms with Crippen LogP contribution in [0.5, 0.6) is 0 Å². The first kappa shape index (κ1) is 15.4. The van der Waals surface area contributed by atoms with Crippen LogP contribution in [0.2, 0.25) is 0 Å². The summed E-state index contributed by atoms with van der Waals surface area (Å²) in [6.45, 7) is 6.95. The molecule has 0 aromatic heterocycles. The van der Waals surface area contributed by atoms with Gasteiger partial charge in [-0.2, -0.15) is 0 Å². The van der Waals surface area contributed by atoms with Gasteiger partial charge in [-0.25, -0.2) is 0 Å². The van der Waals surface area contributed by atoms with E-state index in [4.69, 9.17) is 0 Å². The van der Waals surface area contributed by atoms with Crippen LogP contribution in [0.1, 0.15) is 30.5 Å². The van der Waals surface area contributed by atoms with Gasteiger partial charge in [0.2, 0.25) is 0 Å². The fraction of sp³-hybridized carbons (Fsp3) is 0.154. The molecular formula is C26H22. The number of hydrogen-bond acceptors (Lipinski definition) is 0. The van der Waals surface area contributed by atoms with Gasteiger partial charge in [-0.05, 0) is 62.7 Å². The van der Waals surface area contributed by atoms with Gasteiger partial charge in [0.1, 0.15) is 0 Å². The smallest absolute Gasteiger partial charge is 0.0161 e. The Morgan fingerprint density at radius 2 is 1.38 bits per heavy atom. The first-order chi connectivity index (χ1) is 12.6. The Bertz CT molecular complexity index is 1160. The van der Waals surface area contributed by atoms with Crippen LogP contribution < -0.4 is 0 Å². The molecule has 0 radical (unpaired) electrons. The van der Waals surface area contributed by atoms with Crippen LogP contribution in [0.25, 0.3) is 33.0 Å². The third-order valence-electron chi connectivity index (χ3n) is 5.98. The van der Waals surface area contributed by atoms with E-state index < -0.39 is 0 Å². The molecule has 126 valence electrons. The SMILES string of the molecule is Cc1cccc2c1C(C)(C)c1cc(-c3cccc4ccccc34)ccc1-2. The Balaban J connectivity index is 1.77. The summed E-state index contributed by atoms with van der Waals surface area (Å²) in [5.41, 5.74) is 9.74. The molecule has 0 spiro atoms. The molecule has 4 aromatic carbocycles. The first-order valence-electron chi connectivity index (χ1n) is 9.30. The van der Waals surface area contributed by atoms with Gasteiger partial charge in [0.15, 0.2) is 0 Å². The lowest BCUT2D eigenvalue weighted by molar-refractivity contribution is 0.656. The molecule has 0 aliphatic heterocycles. The van der Waals surface area contributed by atoms with E-state index in [1.807, 2.05) is 0 Å². The molecule has 0 heteroatoms. The Hall–Kier alpha value is -2.86. The summed E-state index contributed by atoms with van der Waals surface area (Å²) in [7, 11) is 0. The summed E-state index contributed by atoms with van der Waals surface area (Å²) in [6.07, 6.45) is 0. The molecule has 5 rings (SSSR count). The molecular weight excluding hydrogens is 312 g/mol. The second-order valence-electron chi connectivity index (χ2n) is 7.91. The van der Waals surface area contributed by atoms with E-state index in [1.165, 1.54) is 49.7 Å². The van der Waals surface area contributed by atoms with E-state index in [-0.39, 0.29) is 5.41 Å². The number of aryl methyl sites for hydroxylation is 1. The van der Waals surface area contributed by atoms with Gasteiger partial charge >= 0.3 is 0 Å². The highest BCUT2D eigenvalue weighted by Gasteiger charge is 2.36. The summed E-state index contributed by atoms with van der Waals surface area (Å²) in [6, 6.07) is 28.9. The predicted molar refractivity (Wildman–Crippen MR) is 112 cm³/mol. The van der Waals surface area contributed by atoms with Crippen LogP contribution in [-0.4, -0.2) is 0 Å². The lowest BCUT2D eigenvalue weighted by Crippen LogP contribution is -2.16. The van der Waals surface area contributed by atoms with Crippen molar-refractivity contribution in [3.63, 3.8) is 0 Å². The van der Waals surface area contributed by atoms with Gasteiger partial charge in [0.25, 0.3) is 0 Å². The molecule has 0 N–H and O–H groups in total. The van der Waals surface area contributed by atoms with Crippen molar-refractivity contribution in [2.24, 2.45) is 0 Å². The fourth-order valence-corrected chi connectivity index (χ4v) is 4.80. The van der Waals surface area contributed by atoms with E-state index >= 15 is 0 Å². The third-order valence-corrected chi connectivity index (χ3v) is 5.98. The quantitative estimate of drug-likeness (QED) is 0.347. The van der Waals surface area contributed by atoms with Crippen molar-refractivity contribution in [1.29, 1.82) is 0 Å². The van der Waals surface area contributed by atoms with E-state index in [0.717, 1.165) is 0 Å². The average molecular weight is 334 g/mol. The molecule has 0 fully saturated rings. The molecule has 1 aliphatic carbocycles. The Morgan fingerprint density at radius 3 is 2.27 bits per heavy atom. The maximum Gasteiger partial charge on any atom is 0.0161 e. The Kier molecular flexibility index (Phi) is 3.15. The van der Waals surface area contributed by atoms with Crippen molar-refractivity contribution in [2.75, 3.05) is 0 Å². The molecule has 0 atom stereocenters. The summed E-state index contributed by atoms with van der Waals surface area (Å²) in [4.78, 5) is 0. The molecule has 0 heterocycles. The highest BCUT2D eigenvalue weighted by Crippen LogP contribution is 2.50. The first-order valence-corrected chi connectivity index (χ1v) is 9.30. The molecule has 0 saturated carbocycles. The standard InChI is InChI=1S/C26H22/c1-17-8-6-13-23-22-15-14-19(16-24(22)26(2,3)25(17)23)21-12-7-10-18-9-4-5-11-20(18)21/h4-16H,1-3H3. The third kappa shape index (κ3) is 2.02. The van der Waals surface area contributed by atoms with Crippen molar-refractivity contribution in [3.05, 3.63) is 95.6 Å². The number of hydrogen-bond donors (Lipinski definition) is 0. The lowest BCUT2D eigenvalue weighted by atomic mass is 9.79. The van der Waals surface area contributed by atoms with Crippen molar-refractivity contribution < 1.29 is 0 Å². The summed E-state index contributed by atoms with van der Waals surface area (Å²) < 4.78 is 0. The van der Waals surface area contributed by atoms with E-state index in [0.29, 0.717) is 0 Å². The predicted octanol–water partition coefficient (Wildman–Crippen LogP) is 7.12. The second kappa shape index (κ2) is 5.32. The molecule has 0 bridgehead atoms. The summed E-state index contributed by atoms with van der Waals surface area (Å²) >= 11 is 0. The highest BCUT2D eigenvalue weighted by atomic mass is 14.4. The lowest BCUT2D eigenvalue weighted by Gasteiger charge is -2.24. The zero-order chi connectivity index (χ0) is 17.9. The van der Waals surface area contributed by atoms with Gasteiger partial charge in [0, 0.05) is 5.41 Å². The number of benzene rings is 4. The molecule has 1 aliphatic rings. The molecule has 0 amide bonds. The van der Waals surface area contributed by atoms with Gasteiger partial charge in [-0.15, -0.1) is 0 Å². The Morgan fingerprint density at radius 1 is 0.654 bits per heavy atom. The van der Waals surface area contributed by atoms with Crippen LogP contribution in [0.3, 0.4) is 0 Å². The van der Waals surface area contributed by atoms with Crippen LogP contribution >= 0.6 is 0 Å². The van der Waals surface area contributed by atoms with Crippen LogP contribution in [0.4, 0.5) is 0 Å². The fourth-order valence-electron chi connectivity index (χ4n) is 4.80. The second-order valence-corrected chi connectivity index (χ2v) is 7.91. The topological polar surface area (TPSA) is 0 Å². The van der Waals surface area contributed by atoms with Gasteiger partial charge in [0.05, 0.1) is 0 Å². The van der Waals surface area contributed by atoms with Crippen molar-refractivity contribution in [1.82, 2.24) is 0 Å². The van der Waals surface area contributed by atoms with E-state index in [9.17, 15) is 0 Å². The largest absolute Gasteiger partial charge is 0.0616 e. The maximum atomic E-state index is 2.41. The van der Waals surface area contributed by atoms with Crippen LogP contribution in [0, 0.1) is 6.92 Å². The van der Waals surface area contributed by atoms with Crippen molar-refractivity contribution in [3.8, 4) is 22.3 Å². The van der Waals surface area contributed by atoms with Gasteiger partial charge < -0.3 is 0 Å². The van der Waals surface area contributed by atoms with Crippen molar-refractivity contribution >= 4 is 10.8 Å². The average Bonchev–Trinajstić information content (AvgIpc) is 2.89. The summed E-state index contributed by atoms with van der Waals surface area (Å²) in [5.74, 6) is 0. The molecule has 0 unspecified atom stereocenters. The number of fused-ring (bicyclic) bond motifs is 4. The van der Waals surface area contributed by atoms with Gasteiger partial charge in [-0.3, -0.25) is 0 Å². The van der Waals surface area contributed by atoms with E-state index in [1.54, 1.807) is 0 Å². The minimum absolute atomic E-state index is 0.0383. The van der Waals surface area contributed by atoms with Crippen LogP contribution in [-0.2, 0) is 5.41 Å². The monoisotopic (exact) mass is 334 g/mol. The molecule has 0 saturated heterocycles. The molecule has 0 nitrogen and oxygen atoms in total. The van der Waals surface area contributed by atoms with Crippen molar-refractivity contribution in [2.45, 2.75) is 26.2 Å². The Labute approximate surface area is 155 Å².